The van der Waals surface area contributed by atoms with Crippen LogP contribution in [0.25, 0.3) is 0 Å². The minimum atomic E-state index is 0.867. The molecule has 1 nitrogen and oxygen atoms in total. The summed E-state index contributed by atoms with van der Waals surface area (Å²) >= 11 is 0. The summed E-state index contributed by atoms with van der Waals surface area (Å²) in [5, 5.41) is 3.73. The van der Waals surface area contributed by atoms with Crippen molar-refractivity contribution in [2.75, 3.05) is 6.54 Å². The molecule has 1 N–H and O–H groups in total. The van der Waals surface area contributed by atoms with E-state index < -0.39 is 0 Å². The van der Waals surface area contributed by atoms with E-state index in [0.29, 0.717) is 0 Å². The van der Waals surface area contributed by atoms with Gasteiger partial charge in [0.1, 0.15) is 0 Å². The monoisotopic (exact) mass is 225 g/mol. The predicted molar refractivity (Wildman–Crippen MR) is 72.7 cm³/mol. The van der Waals surface area contributed by atoms with Crippen LogP contribution in [-0.4, -0.2) is 12.6 Å². The van der Waals surface area contributed by atoms with Crippen molar-refractivity contribution < 1.29 is 0 Å². The molecule has 0 spiro atoms. The molecule has 0 aliphatic heterocycles. The van der Waals surface area contributed by atoms with Crippen LogP contribution in [0.2, 0.25) is 0 Å². The third-order valence-electron chi connectivity index (χ3n) is 3.86. The summed E-state index contributed by atoms with van der Waals surface area (Å²) in [6.45, 7) is 8.18. The van der Waals surface area contributed by atoms with E-state index in [1.807, 2.05) is 0 Å². The zero-order valence-electron chi connectivity index (χ0n) is 11.6. The van der Waals surface area contributed by atoms with Crippen LogP contribution in [0.5, 0.6) is 0 Å². The highest BCUT2D eigenvalue weighted by Gasteiger charge is 2.35. The topological polar surface area (TPSA) is 12.0 Å². The molecule has 0 bridgehead atoms. The summed E-state index contributed by atoms with van der Waals surface area (Å²) in [5.41, 5.74) is 0. The van der Waals surface area contributed by atoms with Gasteiger partial charge in [-0.05, 0) is 37.6 Å². The van der Waals surface area contributed by atoms with Crippen molar-refractivity contribution in [3.05, 3.63) is 0 Å². The Hall–Kier alpha value is -0.0400. The minimum absolute atomic E-state index is 0.867. The fraction of sp³-hybridized carbons (Fsp3) is 1.00. The van der Waals surface area contributed by atoms with E-state index in [-0.39, 0.29) is 0 Å². The van der Waals surface area contributed by atoms with Gasteiger partial charge < -0.3 is 5.32 Å². The average Bonchev–Trinajstić information content (AvgIpc) is 3.01. The second-order valence-electron chi connectivity index (χ2n) is 5.75. The quantitative estimate of drug-likeness (QED) is 0.544. The normalized spacial score (nSPS) is 25.7. The van der Waals surface area contributed by atoms with Crippen LogP contribution in [0.4, 0.5) is 0 Å². The van der Waals surface area contributed by atoms with Gasteiger partial charge in [-0.25, -0.2) is 0 Å². The fourth-order valence-corrected chi connectivity index (χ4v) is 2.60. The van der Waals surface area contributed by atoms with Crippen molar-refractivity contribution in [1.29, 1.82) is 0 Å². The van der Waals surface area contributed by atoms with Gasteiger partial charge in [-0.15, -0.1) is 0 Å². The molecule has 1 rings (SSSR count). The summed E-state index contributed by atoms with van der Waals surface area (Å²) in [7, 11) is 0. The largest absolute Gasteiger partial charge is 0.313 e. The van der Waals surface area contributed by atoms with Gasteiger partial charge in [0.05, 0.1) is 0 Å². The van der Waals surface area contributed by atoms with Crippen molar-refractivity contribution >= 4 is 0 Å². The Balaban J connectivity index is 1.90. The molecule has 3 unspecified atom stereocenters. The summed E-state index contributed by atoms with van der Waals surface area (Å²) in [4.78, 5) is 0. The van der Waals surface area contributed by atoms with E-state index in [0.717, 1.165) is 17.9 Å². The van der Waals surface area contributed by atoms with Crippen molar-refractivity contribution in [2.45, 2.75) is 78.2 Å². The number of nitrogens with one attached hydrogen (secondary N) is 1. The molecule has 0 aromatic heterocycles. The second kappa shape index (κ2) is 8.11. The first-order valence-electron chi connectivity index (χ1n) is 7.51. The zero-order chi connectivity index (χ0) is 11.8. The van der Waals surface area contributed by atoms with E-state index in [2.05, 4.69) is 26.1 Å². The maximum absolute atomic E-state index is 3.73. The molecule has 1 aliphatic carbocycles. The van der Waals surface area contributed by atoms with Crippen molar-refractivity contribution in [3.63, 3.8) is 0 Å². The van der Waals surface area contributed by atoms with Crippen molar-refractivity contribution in [1.82, 2.24) is 5.32 Å². The molecule has 16 heavy (non-hydrogen) atoms. The Bertz CT molecular complexity index is 167. The van der Waals surface area contributed by atoms with E-state index in [1.54, 1.807) is 0 Å². The predicted octanol–water partition coefficient (Wildman–Crippen LogP) is 4.37. The molecule has 1 aliphatic rings. The lowest BCUT2D eigenvalue weighted by molar-refractivity contribution is 0.460. The van der Waals surface area contributed by atoms with Gasteiger partial charge in [0, 0.05) is 6.04 Å². The first kappa shape index (κ1) is 14.0. The number of hydrogen-bond acceptors (Lipinski definition) is 1. The molecule has 0 radical (unpaired) electrons. The standard InChI is InChI=1S/C15H31N/c1-4-6-7-8-10-14-11-15(14)16-12-13(3)9-5-2/h13-16H,4-12H2,1-3H3. The zero-order valence-corrected chi connectivity index (χ0v) is 11.6. The highest BCUT2D eigenvalue weighted by Crippen LogP contribution is 2.35. The smallest absolute Gasteiger partial charge is 0.00992 e. The first-order chi connectivity index (χ1) is 7.77. The molecule has 0 heterocycles. The lowest BCUT2D eigenvalue weighted by Crippen LogP contribution is -2.24. The Morgan fingerprint density at radius 2 is 1.94 bits per heavy atom. The fourth-order valence-electron chi connectivity index (χ4n) is 2.60. The summed E-state index contributed by atoms with van der Waals surface area (Å²) in [6, 6.07) is 0.876. The molecule has 1 saturated carbocycles. The number of unbranched alkanes of at least 4 members (excludes halogenated alkanes) is 3. The molecular formula is C15H31N. The molecule has 1 heteroatoms. The van der Waals surface area contributed by atoms with Crippen LogP contribution in [0, 0.1) is 11.8 Å². The maximum Gasteiger partial charge on any atom is 0.00992 e. The molecule has 1 fully saturated rings. The van der Waals surface area contributed by atoms with Crippen molar-refractivity contribution in [3.8, 4) is 0 Å². The third-order valence-corrected chi connectivity index (χ3v) is 3.86. The Kier molecular flexibility index (Phi) is 7.11. The van der Waals surface area contributed by atoms with E-state index in [1.165, 1.54) is 57.9 Å². The van der Waals surface area contributed by atoms with Crippen LogP contribution >= 0.6 is 0 Å². The number of rotatable bonds is 10. The molecule has 3 atom stereocenters. The second-order valence-corrected chi connectivity index (χ2v) is 5.75. The first-order valence-corrected chi connectivity index (χ1v) is 7.51. The van der Waals surface area contributed by atoms with Gasteiger partial charge in [0.2, 0.25) is 0 Å². The maximum atomic E-state index is 3.73. The summed E-state index contributed by atoms with van der Waals surface area (Å²) in [6.07, 6.45) is 11.3. The lowest BCUT2D eigenvalue weighted by Gasteiger charge is -2.11. The third kappa shape index (κ3) is 5.89. The van der Waals surface area contributed by atoms with Crippen molar-refractivity contribution in [2.24, 2.45) is 11.8 Å². The molecule has 0 amide bonds. The van der Waals surface area contributed by atoms with Gasteiger partial charge in [-0.1, -0.05) is 52.9 Å². The van der Waals surface area contributed by atoms with Crippen LogP contribution in [0.3, 0.4) is 0 Å². The Labute approximate surface area is 102 Å². The highest BCUT2D eigenvalue weighted by atomic mass is 15.0. The molecule has 0 saturated heterocycles. The lowest BCUT2D eigenvalue weighted by atomic mass is 10.1. The van der Waals surface area contributed by atoms with Gasteiger partial charge in [0.15, 0.2) is 0 Å². The van der Waals surface area contributed by atoms with Crippen LogP contribution in [0.1, 0.15) is 72.1 Å². The molecule has 0 aromatic rings. The summed E-state index contributed by atoms with van der Waals surface area (Å²) < 4.78 is 0. The molecule has 0 aromatic carbocycles. The molecule has 96 valence electrons. The Morgan fingerprint density at radius 1 is 1.12 bits per heavy atom. The van der Waals surface area contributed by atoms with E-state index in [9.17, 15) is 0 Å². The van der Waals surface area contributed by atoms with E-state index >= 15 is 0 Å². The SMILES string of the molecule is CCCCCCC1CC1NCC(C)CCC. The van der Waals surface area contributed by atoms with Crippen LogP contribution in [0.15, 0.2) is 0 Å². The van der Waals surface area contributed by atoms with Gasteiger partial charge in [-0.2, -0.15) is 0 Å². The van der Waals surface area contributed by atoms with E-state index in [4.69, 9.17) is 0 Å². The van der Waals surface area contributed by atoms with Gasteiger partial charge in [-0.3, -0.25) is 0 Å². The summed E-state index contributed by atoms with van der Waals surface area (Å²) in [5.74, 6) is 1.89. The van der Waals surface area contributed by atoms with Gasteiger partial charge >= 0.3 is 0 Å². The van der Waals surface area contributed by atoms with Crippen LogP contribution in [-0.2, 0) is 0 Å². The van der Waals surface area contributed by atoms with Crippen LogP contribution < -0.4 is 5.32 Å². The Morgan fingerprint density at radius 3 is 2.62 bits per heavy atom. The number of hydrogen-bond donors (Lipinski definition) is 1. The average molecular weight is 225 g/mol. The minimum Gasteiger partial charge on any atom is -0.313 e. The molecular weight excluding hydrogens is 194 g/mol. The van der Waals surface area contributed by atoms with Gasteiger partial charge in [0.25, 0.3) is 0 Å². The highest BCUT2D eigenvalue weighted by molar-refractivity contribution is 4.92.